The largest absolute Gasteiger partial charge is 1.00 e. The summed E-state index contributed by atoms with van der Waals surface area (Å²) in [6.07, 6.45) is 11.8. The van der Waals surface area contributed by atoms with Gasteiger partial charge in [-0.25, -0.2) is 8.42 Å². The Morgan fingerprint density at radius 2 is 1.27 bits per heavy atom. The molecule has 1 N–H and O–H groups in total. The van der Waals surface area contributed by atoms with Gasteiger partial charge in [-0.2, -0.15) is 0 Å². The zero-order valence-electron chi connectivity index (χ0n) is 14.7. The van der Waals surface area contributed by atoms with Crippen LogP contribution in [0.3, 0.4) is 0 Å². The fraction of sp³-hybridized carbons (Fsp3) is 1.00. The fourth-order valence-electron chi connectivity index (χ4n) is 2.44. The van der Waals surface area contributed by atoms with E-state index in [0.717, 1.165) is 51.4 Å². The van der Waals surface area contributed by atoms with Crippen molar-refractivity contribution in [3.63, 3.8) is 0 Å². The molecule has 0 bridgehead atoms. The van der Waals surface area contributed by atoms with Gasteiger partial charge in [0.2, 0.25) is 0 Å². The van der Waals surface area contributed by atoms with Crippen LogP contribution >= 0.6 is 0 Å². The third-order valence-electron chi connectivity index (χ3n) is 4.03. The van der Waals surface area contributed by atoms with E-state index < -0.39 is 15.4 Å². The van der Waals surface area contributed by atoms with E-state index in [2.05, 4.69) is 6.92 Å². The maximum Gasteiger partial charge on any atom is 1.00 e. The average molecular weight is 344 g/mol. The van der Waals surface area contributed by atoms with Crippen molar-refractivity contribution in [2.24, 2.45) is 0 Å². The van der Waals surface area contributed by atoms with Gasteiger partial charge in [0.25, 0.3) is 0 Å². The SMILES string of the molecule is CCCCCCC(O)CCCCCCCC(C)S(=O)(=O)[O-].[Na+]. The fourth-order valence-corrected chi connectivity index (χ4v) is 2.89. The van der Waals surface area contributed by atoms with Crippen LogP contribution in [0.25, 0.3) is 0 Å². The number of rotatable bonds is 14. The van der Waals surface area contributed by atoms with Gasteiger partial charge < -0.3 is 9.66 Å². The summed E-state index contributed by atoms with van der Waals surface area (Å²) >= 11 is 0. The van der Waals surface area contributed by atoms with E-state index in [0.29, 0.717) is 6.42 Å². The quantitative estimate of drug-likeness (QED) is 0.290. The standard InChI is InChI=1S/C16H34O4S.Na/c1-3-4-5-10-13-16(17)14-11-8-6-7-9-12-15(2)21(18,19)20;/h15-17H,3-14H2,1-2H3,(H,18,19,20);/q;+1/p-1. The molecule has 2 atom stereocenters. The van der Waals surface area contributed by atoms with Gasteiger partial charge in [0.1, 0.15) is 0 Å². The smallest absolute Gasteiger partial charge is 0.748 e. The van der Waals surface area contributed by atoms with Gasteiger partial charge in [0.05, 0.1) is 16.2 Å². The van der Waals surface area contributed by atoms with Crippen LogP contribution in [0.1, 0.15) is 90.9 Å². The van der Waals surface area contributed by atoms with Gasteiger partial charge >= 0.3 is 29.6 Å². The van der Waals surface area contributed by atoms with Crippen molar-refractivity contribution >= 4 is 10.1 Å². The molecular weight excluding hydrogens is 311 g/mol. The molecule has 0 heterocycles. The molecule has 2 unspecified atom stereocenters. The molecule has 0 aliphatic carbocycles. The summed E-state index contributed by atoms with van der Waals surface area (Å²) in [6, 6.07) is 0. The zero-order chi connectivity index (χ0) is 16.1. The summed E-state index contributed by atoms with van der Waals surface area (Å²) in [4.78, 5) is 0. The Hall–Kier alpha value is 0.870. The molecule has 0 aliphatic rings. The first-order valence-corrected chi connectivity index (χ1v) is 9.97. The van der Waals surface area contributed by atoms with E-state index in [1.807, 2.05) is 0 Å². The molecule has 0 rings (SSSR count). The van der Waals surface area contributed by atoms with Crippen molar-refractivity contribution in [3.05, 3.63) is 0 Å². The third-order valence-corrected chi connectivity index (χ3v) is 5.25. The normalized spacial score (nSPS) is 14.4. The average Bonchev–Trinajstić information content (AvgIpc) is 2.41. The van der Waals surface area contributed by atoms with E-state index in [9.17, 15) is 18.1 Å². The third kappa shape index (κ3) is 15.8. The van der Waals surface area contributed by atoms with Crippen LogP contribution in [-0.2, 0) is 10.1 Å². The van der Waals surface area contributed by atoms with Gasteiger partial charge in [0, 0.05) is 5.25 Å². The van der Waals surface area contributed by atoms with Gasteiger partial charge in [-0.15, -0.1) is 0 Å². The second-order valence-corrected chi connectivity index (χ2v) is 7.94. The topological polar surface area (TPSA) is 77.4 Å². The van der Waals surface area contributed by atoms with E-state index >= 15 is 0 Å². The molecule has 0 spiro atoms. The van der Waals surface area contributed by atoms with Crippen molar-refractivity contribution in [2.75, 3.05) is 0 Å². The van der Waals surface area contributed by atoms with Crippen LogP contribution in [0.15, 0.2) is 0 Å². The zero-order valence-corrected chi connectivity index (χ0v) is 17.5. The van der Waals surface area contributed by atoms with E-state index in [4.69, 9.17) is 0 Å². The summed E-state index contributed by atoms with van der Waals surface area (Å²) < 4.78 is 32.1. The Kier molecular flexibility index (Phi) is 17.6. The van der Waals surface area contributed by atoms with Crippen molar-refractivity contribution < 1.29 is 47.6 Å². The van der Waals surface area contributed by atoms with Crippen molar-refractivity contribution in [2.45, 2.75) is 102 Å². The molecule has 0 aromatic carbocycles. The van der Waals surface area contributed by atoms with Crippen LogP contribution in [0.5, 0.6) is 0 Å². The maximum atomic E-state index is 10.7. The summed E-state index contributed by atoms with van der Waals surface area (Å²) in [5.41, 5.74) is 0. The van der Waals surface area contributed by atoms with Gasteiger partial charge in [0.15, 0.2) is 0 Å². The van der Waals surface area contributed by atoms with Crippen LogP contribution in [0, 0.1) is 0 Å². The van der Waals surface area contributed by atoms with E-state index in [1.165, 1.54) is 26.2 Å². The number of aliphatic hydroxyl groups excluding tert-OH is 1. The molecule has 0 amide bonds. The van der Waals surface area contributed by atoms with Gasteiger partial charge in [-0.3, -0.25) is 0 Å². The molecule has 4 nitrogen and oxygen atoms in total. The maximum absolute atomic E-state index is 10.7. The Morgan fingerprint density at radius 3 is 1.73 bits per heavy atom. The predicted molar refractivity (Wildman–Crippen MR) is 86.2 cm³/mol. The molecule has 128 valence electrons. The summed E-state index contributed by atoms with van der Waals surface area (Å²) in [6.45, 7) is 3.67. The minimum atomic E-state index is -4.11. The Morgan fingerprint density at radius 1 is 0.864 bits per heavy atom. The summed E-state index contributed by atoms with van der Waals surface area (Å²) in [7, 11) is -4.11. The first-order chi connectivity index (χ1) is 9.88. The molecule has 0 aliphatic heterocycles. The Balaban J connectivity index is 0. The number of unbranched alkanes of at least 4 members (excludes halogenated alkanes) is 7. The molecule has 22 heavy (non-hydrogen) atoms. The van der Waals surface area contributed by atoms with E-state index in [1.54, 1.807) is 0 Å². The van der Waals surface area contributed by atoms with Gasteiger partial charge in [-0.05, 0) is 26.2 Å². The second-order valence-electron chi connectivity index (χ2n) is 6.15. The molecule has 0 saturated heterocycles. The van der Waals surface area contributed by atoms with Crippen molar-refractivity contribution in [1.29, 1.82) is 0 Å². The number of hydrogen-bond donors (Lipinski definition) is 1. The van der Waals surface area contributed by atoms with Crippen LogP contribution in [0.4, 0.5) is 0 Å². The molecular formula is C16H33NaO4S. The summed E-state index contributed by atoms with van der Waals surface area (Å²) in [5.74, 6) is 0. The minimum absolute atomic E-state index is 0. The Labute approximate surface area is 159 Å². The van der Waals surface area contributed by atoms with Crippen LogP contribution in [0.2, 0.25) is 0 Å². The molecule has 0 fully saturated rings. The monoisotopic (exact) mass is 344 g/mol. The number of hydrogen-bond acceptors (Lipinski definition) is 4. The molecule has 0 aromatic heterocycles. The second kappa shape index (κ2) is 15.4. The van der Waals surface area contributed by atoms with Crippen molar-refractivity contribution in [1.82, 2.24) is 0 Å². The predicted octanol–water partition coefficient (Wildman–Crippen LogP) is 0.986. The van der Waals surface area contributed by atoms with Crippen LogP contribution < -0.4 is 29.6 Å². The van der Waals surface area contributed by atoms with Crippen LogP contribution in [-0.4, -0.2) is 29.4 Å². The number of aliphatic hydroxyl groups is 1. The first kappa shape index (κ1) is 25.1. The molecule has 6 heteroatoms. The van der Waals surface area contributed by atoms with E-state index in [-0.39, 0.29) is 35.7 Å². The molecule has 0 saturated carbocycles. The minimum Gasteiger partial charge on any atom is -0.748 e. The molecule has 0 aromatic rings. The molecule has 0 radical (unpaired) electrons. The first-order valence-electron chi connectivity index (χ1n) is 8.50. The Bertz CT molecular complexity index is 333. The van der Waals surface area contributed by atoms with Crippen molar-refractivity contribution in [3.8, 4) is 0 Å². The summed E-state index contributed by atoms with van der Waals surface area (Å²) in [5, 5.41) is 9.05. The van der Waals surface area contributed by atoms with Gasteiger partial charge in [-0.1, -0.05) is 64.7 Å².